The normalized spacial score (nSPS) is 12.7. The molecule has 0 saturated carbocycles. The van der Waals surface area contributed by atoms with Gasteiger partial charge in [0.2, 0.25) is 0 Å². The topological polar surface area (TPSA) is 63.8 Å². The predicted octanol–water partition coefficient (Wildman–Crippen LogP) is 2.81. The third-order valence-electron chi connectivity index (χ3n) is 3.46. The molecule has 0 fully saturated rings. The van der Waals surface area contributed by atoms with E-state index in [9.17, 15) is 0 Å². The van der Waals surface area contributed by atoms with Crippen molar-refractivity contribution in [2.45, 2.75) is 19.4 Å². The molecule has 3 aromatic rings. The Labute approximate surface area is 121 Å². The van der Waals surface area contributed by atoms with Crippen molar-refractivity contribution in [2.75, 3.05) is 0 Å². The lowest BCUT2D eigenvalue weighted by atomic mass is 10.00. The van der Waals surface area contributed by atoms with Crippen LogP contribution in [0.15, 0.2) is 42.5 Å². The molecular formula is C15H16N4S. The number of nitrogens with zero attached hydrogens (tertiary/aromatic N) is 2. The van der Waals surface area contributed by atoms with Crippen molar-refractivity contribution in [3.05, 3.63) is 58.6 Å². The Morgan fingerprint density at radius 1 is 1.20 bits per heavy atom. The lowest BCUT2D eigenvalue weighted by Crippen LogP contribution is -2.28. The lowest BCUT2D eigenvalue weighted by molar-refractivity contribution is 0.640. The van der Waals surface area contributed by atoms with Crippen LogP contribution in [0.5, 0.6) is 0 Å². The van der Waals surface area contributed by atoms with E-state index in [1.165, 1.54) is 22.3 Å². The molecule has 0 aliphatic carbocycles. The fourth-order valence-electron chi connectivity index (χ4n) is 2.39. The van der Waals surface area contributed by atoms with Gasteiger partial charge < -0.3 is 0 Å². The van der Waals surface area contributed by atoms with Crippen molar-refractivity contribution in [3.8, 4) is 0 Å². The highest BCUT2D eigenvalue weighted by Crippen LogP contribution is 2.28. The van der Waals surface area contributed by atoms with Gasteiger partial charge in [0.15, 0.2) is 0 Å². The van der Waals surface area contributed by atoms with Gasteiger partial charge in [-0.2, -0.15) is 0 Å². The Morgan fingerprint density at radius 3 is 2.75 bits per heavy atom. The van der Waals surface area contributed by atoms with Crippen molar-refractivity contribution in [3.63, 3.8) is 0 Å². The Hall–Kier alpha value is -1.82. The molecule has 0 amide bonds. The minimum Gasteiger partial charge on any atom is -0.271 e. The molecule has 0 radical (unpaired) electrons. The number of aromatic nitrogens is 2. The van der Waals surface area contributed by atoms with Gasteiger partial charge in [0.25, 0.3) is 0 Å². The Balaban J connectivity index is 2.07. The summed E-state index contributed by atoms with van der Waals surface area (Å²) in [5.74, 6) is 5.76. The number of nitrogens with one attached hydrogen (secondary N) is 1. The van der Waals surface area contributed by atoms with E-state index in [-0.39, 0.29) is 6.04 Å². The molecule has 4 nitrogen and oxygen atoms in total. The summed E-state index contributed by atoms with van der Waals surface area (Å²) in [6.07, 6.45) is 0.859. The Kier molecular flexibility index (Phi) is 3.73. The zero-order valence-electron chi connectivity index (χ0n) is 11.2. The Morgan fingerprint density at radius 2 is 2.00 bits per heavy atom. The number of hydrogen-bond acceptors (Lipinski definition) is 5. The molecule has 3 rings (SSSR count). The van der Waals surface area contributed by atoms with Crippen LogP contribution in [-0.4, -0.2) is 9.59 Å². The third kappa shape index (κ3) is 2.31. The molecule has 1 aromatic heterocycles. The fraction of sp³-hybridized carbons (Fsp3) is 0.200. The number of aryl methyl sites for hydroxylation is 1. The van der Waals surface area contributed by atoms with Crippen LogP contribution >= 0.6 is 11.5 Å². The van der Waals surface area contributed by atoms with Crippen LogP contribution in [0.3, 0.4) is 0 Å². The van der Waals surface area contributed by atoms with E-state index in [1.807, 2.05) is 12.1 Å². The summed E-state index contributed by atoms with van der Waals surface area (Å²) in [7, 11) is 0. The average molecular weight is 284 g/mol. The minimum atomic E-state index is -0.0606. The number of rotatable bonds is 4. The highest BCUT2D eigenvalue weighted by molar-refractivity contribution is 7.05. The van der Waals surface area contributed by atoms with Gasteiger partial charge in [0.05, 0.1) is 16.6 Å². The first-order valence-electron chi connectivity index (χ1n) is 6.59. The maximum Gasteiger partial charge on any atom is 0.0837 e. The van der Waals surface area contributed by atoms with E-state index in [0.29, 0.717) is 0 Å². The molecule has 0 saturated heterocycles. The first-order chi connectivity index (χ1) is 9.83. The molecule has 1 heterocycles. The molecule has 3 N–H and O–H groups in total. The van der Waals surface area contributed by atoms with Crippen LogP contribution in [0.1, 0.15) is 29.1 Å². The van der Waals surface area contributed by atoms with Gasteiger partial charge in [0.1, 0.15) is 0 Å². The van der Waals surface area contributed by atoms with E-state index in [0.717, 1.165) is 22.6 Å². The second-order valence-corrected chi connectivity index (χ2v) is 5.43. The van der Waals surface area contributed by atoms with Crippen LogP contribution in [0.25, 0.3) is 10.8 Å². The van der Waals surface area contributed by atoms with Crippen molar-refractivity contribution in [1.29, 1.82) is 0 Å². The number of hydrogen-bond donors (Lipinski definition) is 2. The average Bonchev–Trinajstić information content (AvgIpc) is 2.96. The molecular weight excluding hydrogens is 268 g/mol. The van der Waals surface area contributed by atoms with Gasteiger partial charge in [-0.25, -0.2) is 5.43 Å². The van der Waals surface area contributed by atoms with Crippen LogP contribution in [-0.2, 0) is 6.42 Å². The molecule has 0 aliphatic rings. The second-order valence-electron chi connectivity index (χ2n) is 4.64. The van der Waals surface area contributed by atoms with Gasteiger partial charge in [-0.1, -0.05) is 47.8 Å². The first kappa shape index (κ1) is 13.2. The van der Waals surface area contributed by atoms with Gasteiger partial charge in [-0.05, 0) is 40.4 Å². The maximum atomic E-state index is 5.76. The number of benzene rings is 2. The summed E-state index contributed by atoms with van der Waals surface area (Å²) >= 11 is 1.40. The number of hydrazine groups is 1. The Bertz CT molecular complexity index is 722. The van der Waals surface area contributed by atoms with Crippen molar-refractivity contribution >= 4 is 22.3 Å². The largest absolute Gasteiger partial charge is 0.271 e. The zero-order valence-corrected chi connectivity index (χ0v) is 12.0. The lowest BCUT2D eigenvalue weighted by Gasteiger charge is -2.16. The molecule has 0 spiro atoms. The minimum absolute atomic E-state index is 0.0606. The molecule has 2 aromatic carbocycles. The number of nitrogens with two attached hydrogens (primary N) is 1. The molecule has 20 heavy (non-hydrogen) atoms. The van der Waals surface area contributed by atoms with E-state index in [4.69, 9.17) is 5.84 Å². The fourth-order valence-corrected chi connectivity index (χ4v) is 3.22. The highest BCUT2D eigenvalue weighted by Gasteiger charge is 2.19. The third-order valence-corrected chi connectivity index (χ3v) is 4.29. The highest BCUT2D eigenvalue weighted by atomic mass is 32.1. The summed E-state index contributed by atoms with van der Waals surface area (Å²) in [6, 6.07) is 14.6. The van der Waals surface area contributed by atoms with E-state index < -0.39 is 0 Å². The standard InChI is InChI=1S/C15H16N4S/c1-2-13-15(20-19-18-13)14(17-16)12-8-7-10-5-3-4-6-11(10)9-12/h3-9,14,17H,2,16H2,1H3. The number of fused-ring (bicyclic) bond motifs is 1. The molecule has 5 heteroatoms. The van der Waals surface area contributed by atoms with Gasteiger partial charge in [-0.3, -0.25) is 5.84 Å². The smallest absolute Gasteiger partial charge is 0.0837 e. The van der Waals surface area contributed by atoms with Gasteiger partial charge >= 0.3 is 0 Å². The summed E-state index contributed by atoms with van der Waals surface area (Å²) in [4.78, 5) is 1.09. The quantitative estimate of drug-likeness (QED) is 0.571. The molecule has 1 atom stereocenters. The van der Waals surface area contributed by atoms with E-state index >= 15 is 0 Å². The molecule has 1 unspecified atom stereocenters. The second kappa shape index (κ2) is 5.66. The summed E-state index contributed by atoms with van der Waals surface area (Å²) in [5, 5.41) is 6.60. The monoisotopic (exact) mass is 284 g/mol. The zero-order chi connectivity index (χ0) is 13.9. The van der Waals surface area contributed by atoms with Crippen molar-refractivity contribution in [1.82, 2.24) is 15.0 Å². The van der Waals surface area contributed by atoms with E-state index in [1.54, 1.807) is 0 Å². The van der Waals surface area contributed by atoms with Crippen LogP contribution in [0.2, 0.25) is 0 Å². The van der Waals surface area contributed by atoms with Crippen LogP contribution < -0.4 is 11.3 Å². The van der Waals surface area contributed by atoms with Crippen molar-refractivity contribution in [2.24, 2.45) is 5.84 Å². The summed E-state index contributed by atoms with van der Waals surface area (Å²) in [5.41, 5.74) is 5.03. The molecule has 0 bridgehead atoms. The predicted molar refractivity (Wildman–Crippen MR) is 82.4 cm³/mol. The summed E-state index contributed by atoms with van der Waals surface area (Å²) < 4.78 is 4.05. The molecule has 102 valence electrons. The van der Waals surface area contributed by atoms with Gasteiger partial charge in [0, 0.05) is 0 Å². The van der Waals surface area contributed by atoms with Crippen molar-refractivity contribution < 1.29 is 0 Å². The summed E-state index contributed by atoms with van der Waals surface area (Å²) in [6.45, 7) is 2.08. The SMILES string of the molecule is CCc1nnsc1C(NN)c1ccc2ccccc2c1. The van der Waals surface area contributed by atoms with Gasteiger partial charge in [-0.15, -0.1) is 5.10 Å². The van der Waals surface area contributed by atoms with Crippen LogP contribution in [0.4, 0.5) is 0 Å². The van der Waals surface area contributed by atoms with Crippen LogP contribution in [0, 0.1) is 0 Å². The first-order valence-corrected chi connectivity index (χ1v) is 7.36. The van der Waals surface area contributed by atoms with E-state index in [2.05, 4.69) is 52.3 Å². The molecule has 0 aliphatic heterocycles. The maximum absolute atomic E-state index is 5.76.